The van der Waals surface area contributed by atoms with Crippen LogP contribution in [0.4, 0.5) is 0 Å². The highest BCUT2D eigenvalue weighted by molar-refractivity contribution is 5.73. The largest absolute Gasteiger partial charge is 0.479 e. The Kier molecular flexibility index (Phi) is 5.59. The zero-order valence-corrected chi connectivity index (χ0v) is 13.0. The molecule has 1 saturated heterocycles. The first-order valence-electron chi connectivity index (χ1n) is 7.54. The third-order valence-corrected chi connectivity index (χ3v) is 4.13. The predicted molar refractivity (Wildman–Crippen MR) is 80.1 cm³/mol. The first kappa shape index (κ1) is 17.7. The molecule has 2 rings (SSSR count). The summed E-state index contributed by atoms with van der Waals surface area (Å²) in [6, 6.07) is 7.12. The molecule has 7 nitrogen and oxygen atoms in total. The molecule has 0 aromatic heterocycles. The summed E-state index contributed by atoms with van der Waals surface area (Å²) in [6.45, 7) is 4.18. The van der Waals surface area contributed by atoms with Crippen LogP contribution >= 0.6 is 0 Å². The van der Waals surface area contributed by atoms with E-state index in [1.54, 1.807) is 12.1 Å². The number of benzene rings is 1. The topological polar surface area (TPSA) is 116 Å². The molecule has 2 unspecified atom stereocenters. The fourth-order valence-electron chi connectivity index (χ4n) is 2.39. The van der Waals surface area contributed by atoms with E-state index in [0.717, 1.165) is 12.0 Å². The van der Waals surface area contributed by atoms with Crippen LogP contribution in [0.3, 0.4) is 0 Å². The molecule has 1 aromatic carbocycles. The number of hydrogen-bond donors (Lipinski definition) is 4. The maximum absolute atomic E-state index is 11.0. The molecule has 0 saturated carbocycles. The molecular formula is C16H22O7. The van der Waals surface area contributed by atoms with Crippen molar-refractivity contribution in [1.29, 1.82) is 0 Å². The van der Waals surface area contributed by atoms with Gasteiger partial charge in [0.05, 0.1) is 0 Å². The molecule has 6 atom stereocenters. The molecule has 0 aliphatic carbocycles. The number of carboxylic acid groups (broad SMARTS) is 1. The fourth-order valence-corrected chi connectivity index (χ4v) is 2.39. The molecular weight excluding hydrogens is 304 g/mol. The summed E-state index contributed by atoms with van der Waals surface area (Å²) in [4.78, 5) is 11.0. The van der Waals surface area contributed by atoms with E-state index in [4.69, 9.17) is 14.6 Å². The molecule has 1 fully saturated rings. The lowest BCUT2D eigenvalue weighted by Gasteiger charge is -2.38. The van der Waals surface area contributed by atoms with Crippen LogP contribution in [0.1, 0.15) is 31.7 Å². The second kappa shape index (κ2) is 7.27. The number of rotatable bonds is 5. The predicted octanol–water partition coefficient (Wildman–Crippen LogP) is 0.471. The van der Waals surface area contributed by atoms with Crippen molar-refractivity contribution in [2.24, 2.45) is 0 Å². The van der Waals surface area contributed by atoms with Crippen LogP contribution in [0.5, 0.6) is 5.75 Å². The number of carboxylic acids is 1. The minimum atomic E-state index is -1.73. The zero-order chi connectivity index (χ0) is 17.1. The third-order valence-electron chi connectivity index (χ3n) is 4.13. The van der Waals surface area contributed by atoms with Gasteiger partial charge < -0.3 is 29.9 Å². The van der Waals surface area contributed by atoms with E-state index in [1.165, 1.54) is 0 Å². The van der Waals surface area contributed by atoms with Crippen LogP contribution in [0.25, 0.3) is 0 Å². The highest BCUT2D eigenvalue weighted by atomic mass is 16.7. The van der Waals surface area contributed by atoms with E-state index in [1.807, 2.05) is 12.1 Å². The summed E-state index contributed by atoms with van der Waals surface area (Å²) >= 11 is 0. The van der Waals surface area contributed by atoms with Gasteiger partial charge in [0, 0.05) is 0 Å². The third kappa shape index (κ3) is 3.81. The van der Waals surface area contributed by atoms with Crippen LogP contribution in [0, 0.1) is 0 Å². The first-order chi connectivity index (χ1) is 10.8. The highest BCUT2D eigenvalue weighted by Crippen LogP contribution is 2.26. The van der Waals surface area contributed by atoms with Crippen molar-refractivity contribution in [3.05, 3.63) is 29.8 Å². The Bertz CT molecular complexity index is 530. The standard InChI is InChI=1S/C16H22O7/c1-3-8(2)9-4-6-10(7-5-9)22-16-13(19)11(17)12(18)14(23-16)15(20)21/h4-8,11-14,16-19H,3H2,1-2H3,(H,20,21)/t8?,11-,12-,13+,14-,16?/m0/s1. The van der Waals surface area contributed by atoms with Gasteiger partial charge in [-0.25, -0.2) is 4.79 Å². The van der Waals surface area contributed by atoms with Crippen LogP contribution in [-0.4, -0.2) is 57.1 Å². The Morgan fingerprint density at radius 3 is 2.30 bits per heavy atom. The number of aliphatic carboxylic acids is 1. The lowest BCUT2D eigenvalue weighted by atomic mass is 9.98. The number of aliphatic hydroxyl groups excluding tert-OH is 3. The number of hydrogen-bond acceptors (Lipinski definition) is 6. The monoisotopic (exact) mass is 326 g/mol. The van der Waals surface area contributed by atoms with E-state index in [-0.39, 0.29) is 0 Å². The quantitative estimate of drug-likeness (QED) is 0.621. The molecule has 1 aliphatic heterocycles. The molecule has 1 aliphatic rings. The molecule has 1 aromatic rings. The van der Waals surface area contributed by atoms with Crippen molar-refractivity contribution in [1.82, 2.24) is 0 Å². The van der Waals surface area contributed by atoms with Gasteiger partial charge in [-0.3, -0.25) is 0 Å². The van der Waals surface area contributed by atoms with Crippen molar-refractivity contribution in [2.45, 2.75) is 56.9 Å². The van der Waals surface area contributed by atoms with E-state index in [9.17, 15) is 20.1 Å². The van der Waals surface area contributed by atoms with Gasteiger partial charge in [-0.1, -0.05) is 26.0 Å². The summed E-state index contributed by atoms with van der Waals surface area (Å²) in [5, 5.41) is 38.2. The summed E-state index contributed by atoms with van der Waals surface area (Å²) < 4.78 is 10.5. The summed E-state index contributed by atoms with van der Waals surface area (Å²) in [5.41, 5.74) is 1.13. The van der Waals surface area contributed by atoms with Gasteiger partial charge >= 0.3 is 5.97 Å². The summed E-state index contributed by atoms with van der Waals surface area (Å²) in [7, 11) is 0. The minimum absolute atomic E-state index is 0.369. The van der Waals surface area contributed by atoms with Crippen molar-refractivity contribution in [3.63, 3.8) is 0 Å². The summed E-state index contributed by atoms with van der Waals surface area (Å²) in [5.74, 6) is -0.674. The van der Waals surface area contributed by atoms with E-state index >= 15 is 0 Å². The Morgan fingerprint density at radius 1 is 1.17 bits per heavy atom. The zero-order valence-electron chi connectivity index (χ0n) is 13.0. The van der Waals surface area contributed by atoms with E-state index in [0.29, 0.717) is 11.7 Å². The van der Waals surface area contributed by atoms with Crippen molar-refractivity contribution < 1.29 is 34.7 Å². The van der Waals surface area contributed by atoms with Crippen LogP contribution in [0.15, 0.2) is 24.3 Å². The average molecular weight is 326 g/mol. The Balaban J connectivity index is 2.10. The molecule has 0 amide bonds. The fraction of sp³-hybridized carbons (Fsp3) is 0.562. The van der Waals surface area contributed by atoms with Crippen molar-refractivity contribution in [3.8, 4) is 5.75 Å². The Labute approximate surface area is 134 Å². The number of carbonyl (C=O) groups is 1. The summed E-state index contributed by atoms with van der Waals surface area (Å²) in [6.07, 6.45) is -7.02. The maximum Gasteiger partial charge on any atom is 0.335 e. The molecule has 7 heteroatoms. The van der Waals surface area contributed by atoms with Crippen LogP contribution in [0.2, 0.25) is 0 Å². The first-order valence-corrected chi connectivity index (χ1v) is 7.54. The highest BCUT2D eigenvalue weighted by Gasteiger charge is 2.48. The van der Waals surface area contributed by atoms with Gasteiger partial charge in [0.1, 0.15) is 24.1 Å². The molecule has 4 N–H and O–H groups in total. The van der Waals surface area contributed by atoms with Crippen LogP contribution in [-0.2, 0) is 9.53 Å². The van der Waals surface area contributed by atoms with Crippen molar-refractivity contribution >= 4 is 5.97 Å². The van der Waals surface area contributed by atoms with Gasteiger partial charge in [-0.05, 0) is 30.0 Å². The van der Waals surface area contributed by atoms with Crippen LogP contribution < -0.4 is 4.74 Å². The van der Waals surface area contributed by atoms with Crippen molar-refractivity contribution in [2.75, 3.05) is 0 Å². The second-order valence-corrected chi connectivity index (χ2v) is 5.73. The molecule has 23 heavy (non-hydrogen) atoms. The molecule has 0 spiro atoms. The van der Waals surface area contributed by atoms with Gasteiger partial charge in [-0.2, -0.15) is 0 Å². The van der Waals surface area contributed by atoms with E-state index < -0.39 is 36.7 Å². The molecule has 0 radical (unpaired) electrons. The smallest absolute Gasteiger partial charge is 0.335 e. The molecule has 0 bridgehead atoms. The average Bonchev–Trinajstić information content (AvgIpc) is 2.55. The lowest BCUT2D eigenvalue weighted by Crippen LogP contribution is -2.61. The SMILES string of the molecule is CCC(C)c1ccc(OC2O[C@H](C(=O)O)[C@@H](O)[C@H](O)[C@H]2O)cc1. The number of aliphatic hydroxyl groups is 3. The van der Waals surface area contributed by atoms with Gasteiger partial charge in [0.25, 0.3) is 0 Å². The second-order valence-electron chi connectivity index (χ2n) is 5.73. The minimum Gasteiger partial charge on any atom is -0.479 e. The van der Waals surface area contributed by atoms with E-state index in [2.05, 4.69) is 13.8 Å². The number of ether oxygens (including phenoxy) is 2. The Morgan fingerprint density at radius 2 is 1.78 bits per heavy atom. The lowest BCUT2D eigenvalue weighted by molar-refractivity contribution is -0.271. The maximum atomic E-state index is 11.0. The Hall–Kier alpha value is -1.67. The van der Waals surface area contributed by atoms with Gasteiger partial charge in [0.2, 0.25) is 6.29 Å². The molecule has 128 valence electrons. The normalized spacial score (nSPS) is 32.3. The van der Waals surface area contributed by atoms with Gasteiger partial charge in [-0.15, -0.1) is 0 Å². The van der Waals surface area contributed by atoms with Gasteiger partial charge in [0.15, 0.2) is 6.10 Å². The molecule has 1 heterocycles.